The molecule has 0 aliphatic carbocycles. The van der Waals surface area contributed by atoms with Gasteiger partial charge in [-0.05, 0) is 25.0 Å². The van der Waals surface area contributed by atoms with Crippen LogP contribution >= 0.6 is 0 Å². The molecule has 0 saturated heterocycles. The van der Waals surface area contributed by atoms with Crippen molar-refractivity contribution in [1.29, 1.82) is 0 Å². The van der Waals surface area contributed by atoms with Crippen molar-refractivity contribution in [3.05, 3.63) is 23.9 Å². The highest BCUT2D eigenvalue weighted by Crippen LogP contribution is 2.16. The zero-order valence-electron chi connectivity index (χ0n) is 10.3. The first-order valence-electron chi connectivity index (χ1n) is 5.50. The molecule has 1 rings (SSSR count). The molecule has 5 nitrogen and oxygen atoms in total. The quantitative estimate of drug-likeness (QED) is 0.756. The molecule has 1 aromatic heterocycles. The molecule has 0 aliphatic rings. The summed E-state index contributed by atoms with van der Waals surface area (Å²) in [6.07, 6.45) is 1.60. The predicted molar refractivity (Wildman–Crippen MR) is 64.9 cm³/mol. The van der Waals surface area contributed by atoms with E-state index in [1.165, 1.54) is 7.11 Å². The van der Waals surface area contributed by atoms with Crippen LogP contribution in [0.25, 0.3) is 0 Å². The van der Waals surface area contributed by atoms with Gasteiger partial charge in [0.05, 0.1) is 7.11 Å². The molecule has 2 unspecified atom stereocenters. The summed E-state index contributed by atoms with van der Waals surface area (Å²) in [5, 5.41) is 12.2. The van der Waals surface area contributed by atoms with Crippen molar-refractivity contribution in [3.8, 4) is 0 Å². The monoisotopic (exact) mass is 238 g/mol. The molecule has 94 valence electrons. The number of ether oxygens (including phenoxy) is 1. The third-order valence-electron chi connectivity index (χ3n) is 2.72. The number of esters is 1. The maximum absolute atomic E-state index is 11.5. The van der Waals surface area contributed by atoms with Gasteiger partial charge in [0.15, 0.2) is 0 Å². The summed E-state index contributed by atoms with van der Waals surface area (Å²) in [6.45, 7) is 3.92. The lowest BCUT2D eigenvalue weighted by molar-refractivity contribution is 0.0601. The van der Waals surface area contributed by atoms with Crippen molar-refractivity contribution >= 4 is 11.8 Å². The number of carbonyl (C=O) groups is 1. The van der Waals surface area contributed by atoms with Crippen LogP contribution in [0.4, 0.5) is 5.82 Å². The molecule has 0 spiro atoms. The van der Waals surface area contributed by atoms with Gasteiger partial charge in [-0.3, -0.25) is 0 Å². The van der Waals surface area contributed by atoms with Crippen LogP contribution in [-0.2, 0) is 4.74 Å². The Balaban J connectivity index is 2.87. The summed E-state index contributed by atoms with van der Waals surface area (Å²) in [6, 6.07) is 3.34. The van der Waals surface area contributed by atoms with Gasteiger partial charge in [-0.25, -0.2) is 9.78 Å². The summed E-state index contributed by atoms with van der Waals surface area (Å²) in [5.41, 5.74) is 0.395. The van der Waals surface area contributed by atoms with E-state index in [1.54, 1.807) is 18.3 Å². The number of anilines is 1. The Morgan fingerprint density at radius 3 is 2.88 bits per heavy atom. The zero-order valence-corrected chi connectivity index (χ0v) is 10.3. The van der Waals surface area contributed by atoms with E-state index in [0.717, 1.165) is 0 Å². The molecule has 0 amide bonds. The number of hydrogen-bond acceptors (Lipinski definition) is 5. The highest BCUT2D eigenvalue weighted by molar-refractivity contribution is 5.94. The highest BCUT2D eigenvalue weighted by atomic mass is 16.5. The molecule has 2 N–H and O–H groups in total. The zero-order chi connectivity index (χ0) is 12.8. The SMILES string of the molecule is COC(=O)c1cccnc1NC(C)C(C)CO. The molecule has 0 radical (unpaired) electrons. The number of aliphatic hydroxyl groups is 1. The van der Waals surface area contributed by atoms with Gasteiger partial charge in [-0.2, -0.15) is 0 Å². The maximum Gasteiger partial charge on any atom is 0.341 e. The molecule has 0 aromatic carbocycles. The number of nitrogens with zero attached hydrogens (tertiary/aromatic N) is 1. The van der Waals surface area contributed by atoms with Crippen LogP contribution in [0, 0.1) is 5.92 Å². The molecular formula is C12H18N2O3. The van der Waals surface area contributed by atoms with E-state index < -0.39 is 5.97 Å². The van der Waals surface area contributed by atoms with Crippen molar-refractivity contribution in [3.63, 3.8) is 0 Å². The van der Waals surface area contributed by atoms with Gasteiger partial charge in [0.25, 0.3) is 0 Å². The van der Waals surface area contributed by atoms with Crippen LogP contribution in [-0.4, -0.2) is 35.8 Å². The van der Waals surface area contributed by atoms with Gasteiger partial charge in [0.1, 0.15) is 11.4 Å². The third-order valence-corrected chi connectivity index (χ3v) is 2.72. The molecule has 17 heavy (non-hydrogen) atoms. The number of pyridine rings is 1. The Hall–Kier alpha value is -1.62. The van der Waals surface area contributed by atoms with Crippen molar-refractivity contribution in [1.82, 2.24) is 4.98 Å². The van der Waals surface area contributed by atoms with Crippen LogP contribution in [0.2, 0.25) is 0 Å². The lowest BCUT2D eigenvalue weighted by Gasteiger charge is -2.20. The van der Waals surface area contributed by atoms with E-state index in [4.69, 9.17) is 5.11 Å². The summed E-state index contributed by atoms with van der Waals surface area (Å²) < 4.78 is 4.68. The fraction of sp³-hybridized carbons (Fsp3) is 0.500. The molecule has 0 saturated carbocycles. The Morgan fingerprint density at radius 1 is 1.59 bits per heavy atom. The Bertz CT molecular complexity index is 382. The minimum atomic E-state index is -0.426. The van der Waals surface area contributed by atoms with E-state index in [2.05, 4.69) is 15.0 Å². The summed E-state index contributed by atoms with van der Waals surface area (Å²) in [7, 11) is 1.33. The van der Waals surface area contributed by atoms with E-state index in [-0.39, 0.29) is 18.6 Å². The van der Waals surface area contributed by atoms with E-state index in [1.807, 2.05) is 13.8 Å². The number of aliphatic hydroxyl groups excluding tert-OH is 1. The minimum absolute atomic E-state index is 0.0123. The number of nitrogens with one attached hydrogen (secondary N) is 1. The van der Waals surface area contributed by atoms with Gasteiger partial charge in [0.2, 0.25) is 0 Å². The number of rotatable bonds is 5. The van der Waals surface area contributed by atoms with Gasteiger partial charge >= 0.3 is 5.97 Å². The van der Waals surface area contributed by atoms with Crippen molar-refractivity contribution in [2.24, 2.45) is 5.92 Å². The number of hydrogen-bond donors (Lipinski definition) is 2. The average molecular weight is 238 g/mol. The second-order valence-electron chi connectivity index (χ2n) is 3.98. The molecule has 0 fully saturated rings. The van der Waals surface area contributed by atoms with Crippen LogP contribution in [0.1, 0.15) is 24.2 Å². The largest absolute Gasteiger partial charge is 0.465 e. The third kappa shape index (κ3) is 3.42. The molecular weight excluding hydrogens is 220 g/mol. The molecule has 2 atom stereocenters. The van der Waals surface area contributed by atoms with Gasteiger partial charge in [0, 0.05) is 18.8 Å². The Morgan fingerprint density at radius 2 is 2.29 bits per heavy atom. The standard InChI is InChI=1S/C12H18N2O3/c1-8(7-15)9(2)14-11-10(12(16)17-3)5-4-6-13-11/h4-6,8-9,15H,7H2,1-3H3,(H,13,14). The van der Waals surface area contributed by atoms with Crippen molar-refractivity contribution in [2.45, 2.75) is 19.9 Å². The summed E-state index contributed by atoms with van der Waals surface area (Å²) in [4.78, 5) is 15.6. The fourth-order valence-corrected chi connectivity index (χ4v) is 1.31. The number of aromatic nitrogens is 1. The van der Waals surface area contributed by atoms with Crippen molar-refractivity contribution < 1.29 is 14.6 Å². The summed E-state index contributed by atoms with van der Waals surface area (Å²) >= 11 is 0. The fourth-order valence-electron chi connectivity index (χ4n) is 1.31. The van der Waals surface area contributed by atoms with Gasteiger partial charge in [-0.1, -0.05) is 6.92 Å². The highest BCUT2D eigenvalue weighted by Gasteiger charge is 2.16. The molecule has 0 bridgehead atoms. The Labute approximate surface area is 101 Å². The molecule has 5 heteroatoms. The smallest absolute Gasteiger partial charge is 0.341 e. The lowest BCUT2D eigenvalue weighted by Crippen LogP contribution is -2.27. The average Bonchev–Trinajstić information content (AvgIpc) is 2.37. The van der Waals surface area contributed by atoms with Gasteiger partial charge < -0.3 is 15.2 Å². The first-order chi connectivity index (χ1) is 8.10. The topological polar surface area (TPSA) is 71.5 Å². The van der Waals surface area contributed by atoms with Crippen LogP contribution in [0.5, 0.6) is 0 Å². The lowest BCUT2D eigenvalue weighted by atomic mass is 10.1. The van der Waals surface area contributed by atoms with E-state index in [9.17, 15) is 4.79 Å². The predicted octanol–water partition coefficient (Wildman–Crippen LogP) is 1.30. The first-order valence-corrected chi connectivity index (χ1v) is 5.50. The second kappa shape index (κ2) is 6.20. The van der Waals surface area contributed by atoms with Crippen molar-refractivity contribution in [2.75, 3.05) is 19.0 Å². The second-order valence-corrected chi connectivity index (χ2v) is 3.98. The number of methoxy groups -OCH3 is 1. The molecule has 1 aromatic rings. The minimum Gasteiger partial charge on any atom is -0.465 e. The number of carbonyl (C=O) groups excluding carboxylic acids is 1. The van der Waals surface area contributed by atoms with Crippen LogP contribution in [0.15, 0.2) is 18.3 Å². The van der Waals surface area contributed by atoms with E-state index >= 15 is 0 Å². The normalized spacial score (nSPS) is 13.9. The Kier molecular flexibility index (Phi) is 4.90. The van der Waals surface area contributed by atoms with Crippen LogP contribution in [0.3, 0.4) is 0 Å². The maximum atomic E-state index is 11.5. The van der Waals surface area contributed by atoms with Gasteiger partial charge in [-0.15, -0.1) is 0 Å². The summed E-state index contributed by atoms with van der Waals surface area (Å²) in [5.74, 6) is 0.124. The molecule has 1 heterocycles. The molecule has 0 aliphatic heterocycles. The van der Waals surface area contributed by atoms with E-state index in [0.29, 0.717) is 11.4 Å². The first kappa shape index (κ1) is 13.4. The van der Waals surface area contributed by atoms with Crippen LogP contribution < -0.4 is 5.32 Å².